The molecular weight excluding hydrogens is 374 g/mol. The van der Waals surface area contributed by atoms with Crippen molar-refractivity contribution in [2.45, 2.75) is 44.9 Å². The molecule has 1 saturated heterocycles. The van der Waals surface area contributed by atoms with E-state index in [9.17, 15) is 4.79 Å². The van der Waals surface area contributed by atoms with Crippen molar-refractivity contribution in [2.75, 3.05) is 23.3 Å². The lowest BCUT2D eigenvalue weighted by Gasteiger charge is -2.22. The van der Waals surface area contributed by atoms with Gasteiger partial charge in [-0.25, -0.2) is 4.98 Å². The highest BCUT2D eigenvalue weighted by atomic mass is 16.4. The van der Waals surface area contributed by atoms with Crippen molar-refractivity contribution in [1.82, 2.24) is 4.98 Å². The van der Waals surface area contributed by atoms with Crippen LogP contribution in [0.25, 0.3) is 11.3 Å². The standard InChI is InChI=1S/C25H29N3O2/c29-24(11-8-12-25-26-19-23(30-25)20-9-4-3-5-10-20)27-21-13-15-22(16-14-21)28-17-6-1-2-7-18-28/h3-5,9-10,13-16,19H,1-2,6-8,11-12,17-18H2,(H,27,29). The van der Waals surface area contributed by atoms with Gasteiger partial charge in [0, 0.05) is 42.9 Å². The maximum Gasteiger partial charge on any atom is 0.224 e. The predicted molar refractivity (Wildman–Crippen MR) is 121 cm³/mol. The molecule has 0 aliphatic carbocycles. The van der Waals surface area contributed by atoms with E-state index in [1.807, 2.05) is 42.5 Å². The molecule has 1 fully saturated rings. The molecule has 5 heteroatoms. The normalized spacial score (nSPS) is 14.3. The number of aryl methyl sites for hydroxylation is 1. The van der Waals surface area contributed by atoms with Gasteiger partial charge in [-0.05, 0) is 43.5 Å². The second-order valence-corrected chi connectivity index (χ2v) is 7.83. The maximum atomic E-state index is 12.3. The van der Waals surface area contributed by atoms with Crippen LogP contribution in [0.2, 0.25) is 0 Å². The SMILES string of the molecule is O=C(CCCc1ncc(-c2ccccc2)o1)Nc1ccc(N2CCCCCC2)cc1. The lowest BCUT2D eigenvalue weighted by Crippen LogP contribution is -2.23. The van der Waals surface area contributed by atoms with Crippen LogP contribution in [0, 0.1) is 0 Å². The Balaban J connectivity index is 1.23. The number of amides is 1. The Bertz CT molecular complexity index is 927. The van der Waals surface area contributed by atoms with Gasteiger partial charge in [0.25, 0.3) is 0 Å². The van der Waals surface area contributed by atoms with E-state index in [1.54, 1.807) is 6.20 Å². The van der Waals surface area contributed by atoms with E-state index in [1.165, 1.54) is 31.4 Å². The molecule has 0 spiro atoms. The van der Waals surface area contributed by atoms with Gasteiger partial charge in [0.2, 0.25) is 5.91 Å². The first kappa shape index (κ1) is 20.2. The van der Waals surface area contributed by atoms with Crippen LogP contribution >= 0.6 is 0 Å². The minimum atomic E-state index is 0.0207. The van der Waals surface area contributed by atoms with Crippen molar-refractivity contribution in [2.24, 2.45) is 0 Å². The average molecular weight is 404 g/mol. The molecule has 1 aliphatic rings. The zero-order valence-electron chi connectivity index (χ0n) is 17.3. The van der Waals surface area contributed by atoms with E-state index in [0.717, 1.165) is 30.1 Å². The Hall–Kier alpha value is -3.08. The van der Waals surface area contributed by atoms with E-state index < -0.39 is 0 Å². The highest BCUT2D eigenvalue weighted by molar-refractivity contribution is 5.90. The molecule has 5 nitrogen and oxygen atoms in total. The minimum Gasteiger partial charge on any atom is -0.441 e. The van der Waals surface area contributed by atoms with Crippen LogP contribution in [0.1, 0.15) is 44.4 Å². The molecule has 1 aliphatic heterocycles. The second-order valence-electron chi connectivity index (χ2n) is 7.83. The van der Waals surface area contributed by atoms with E-state index >= 15 is 0 Å². The summed E-state index contributed by atoms with van der Waals surface area (Å²) in [5, 5.41) is 2.99. The molecule has 2 heterocycles. The predicted octanol–water partition coefficient (Wildman–Crippen LogP) is 5.68. The number of hydrogen-bond donors (Lipinski definition) is 1. The largest absolute Gasteiger partial charge is 0.441 e. The fourth-order valence-electron chi connectivity index (χ4n) is 3.87. The molecule has 3 aromatic rings. The van der Waals surface area contributed by atoms with Crippen molar-refractivity contribution in [3.05, 3.63) is 66.7 Å². The molecular formula is C25H29N3O2. The smallest absolute Gasteiger partial charge is 0.224 e. The molecule has 2 aromatic carbocycles. The molecule has 0 bridgehead atoms. The second kappa shape index (κ2) is 10.1. The Labute approximate surface area is 178 Å². The zero-order valence-corrected chi connectivity index (χ0v) is 17.3. The number of rotatable bonds is 7. The lowest BCUT2D eigenvalue weighted by molar-refractivity contribution is -0.116. The summed E-state index contributed by atoms with van der Waals surface area (Å²) in [6, 6.07) is 18.1. The van der Waals surface area contributed by atoms with Gasteiger partial charge in [-0.15, -0.1) is 0 Å². The van der Waals surface area contributed by atoms with Crippen LogP contribution in [0.15, 0.2) is 65.2 Å². The molecule has 1 N–H and O–H groups in total. The van der Waals surface area contributed by atoms with E-state index in [-0.39, 0.29) is 5.91 Å². The third kappa shape index (κ3) is 5.50. The fraction of sp³-hybridized carbons (Fsp3) is 0.360. The summed E-state index contributed by atoms with van der Waals surface area (Å²) in [5.41, 5.74) is 3.10. The summed E-state index contributed by atoms with van der Waals surface area (Å²) >= 11 is 0. The molecule has 0 atom stereocenters. The molecule has 0 radical (unpaired) electrons. The number of nitrogens with zero attached hydrogens (tertiary/aromatic N) is 2. The van der Waals surface area contributed by atoms with Crippen molar-refractivity contribution >= 4 is 17.3 Å². The van der Waals surface area contributed by atoms with Gasteiger partial charge in [0.05, 0.1) is 6.20 Å². The molecule has 0 unspecified atom stereocenters. The number of benzene rings is 2. The van der Waals surface area contributed by atoms with Crippen LogP contribution in [-0.2, 0) is 11.2 Å². The molecule has 30 heavy (non-hydrogen) atoms. The topological polar surface area (TPSA) is 58.4 Å². The van der Waals surface area contributed by atoms with Crippen LogP contribution in [-0.4, -0.2) is 24.0 Å². The molecule has 1 aromatic heterocycles. The summed E-state index contributed by atoms with van der Waals surface area (Å²) in [6.07, 6.45) is 8.71. The highest BCUT2D eigenvalue weighted by Crippen LogP contribution is 2.22. The van der Waals surface area contributed by atoms with Gasteiger partial charge < -0.3 is 14.6 Å². The molecule has 1 amide bonds. The number of carbonyl (C=O) groups excluding carboxylic acids is 1. The summed E-state index contributed by atoms with van der Waals surface area (Å²) in [4.78, 5) is 19.1. The van der Waals surface area contributed by atoms with Crippen molar-refractivity contribution in [1.29, 1.82) is 0 Å². The summed E-state index contributed by atoms with van der Waals surface area (Å²) in [5.74, 6) is 1.45. The van der Waals surface area contributed by atoms with Crippen LogP contribution in [0.5, 0.6) is 0 Å². The van der Waals surface area contributed by atoms with Gasteiger partial charge in [-0.3, -0.25) is 4.79 Å². The zero-order chi connectivity index (χ0) is 20.6. The number of carbonyl (C=O) groups is 1. The maximum absolute atomic E-state index is 12.3. The Morgan fingerprint density at radius 3 is 2.43 bits per heavy atom. The van der Waals surface area contributed by atoms with Crippen LogP contribution < -0.4 is 10.2 Å². The van der Waals surface area contributed by atoms with Gasteiger partial charge in [-0.1, -0.05) is 43.2 Å². The van der Waals surface area contributed by atoms with Crippen LogP contribution in [0.4, 0.5) is 11.4 Å². The Morgan fingerprint density at radius 1 is 0.967 bits per heavy atom. The molecule has 4 rings (SSSR count). The van der Waals surface area contributed by atoms with Crippen molar-refractivity contribution < 1.29 is 9.21 Å². The summed E-state index contributed by atoms with van der Waals surface area (Å²) in [7, 11) is 0. The van der Waals surface area contributed by atoms with Gasteiger partial charge >= 0.3 is 0 Å². The van der Waals surface area contributed by atoms with E-state index in [4.69, 9.17) is 4.42 Å². The first-order valence-corrected chi connectivity index (χ1v) is 10.9. The molecule has 156 valence electrons. The van der Waals surface area contributed by atoms with Crippen LogP contribution in [0.3, 0.4) is 0 Å². The fourth-order valence-corrected chi connectivity index (χ4v) is 3.87. The highest BCUT2D eigenvalue weighted by Gasteiger charge is 2.11. The summed E-state index contributed by atoms with van der Waals surface area (Å²) in [6.45, 7) is 2.25. The average Bonchev–Trinajstić information content (AvgIpc) is 3.08. The van der Waals surface area contributed by atoms with E-state index in [0.29, 0.717) is 25.2 Å². The number of hydrogen-bond acceptors (Lipinski definition) is 4. The number of oxazole rings is 1. The monoisotopic (exact) mass is 403 g/mol. The van der Waals surface area contributed by atoms with E-state index in [2.05, 4.69) is 27.3 Å². The first-order valence-electron chi connectivity index (χ1n) is 10.9. The third-order valence-electron chi connectivity index (χ3n) is 5.53. The third-order valence-corrected chi connectivity index (χ3v) is 5.53. The summed E-state index contributed by atoms with van der Waals surface area (Å²) < 4.78 is 5.80. The van der Waals surface area contributed by atoms with Gasteiger partial charge in [-0.2, -0.15) is 0 Å². The Kier molecular flexibility index (Phi) is 6.80. The van der Waals surface area contributed by atoms with Crippen molar-refractivity contribution in [3.63, 3.8) is 0 Å². The quantitative estimate of drug-likeness (QED) is 0.551. The van der Waals surface area contributed by atoms with Gasteiger partial charge in [0.1, 0.15) is 0 Å². The first-order chi connectivity index (χ1) is 14.8. The van der Waals surface area contributed by atoms with Gasteiger partial charge in [0.15, 0.2) is 11.7 Å². The number of nitrogens with one attached hydrogen (secondary N) is 1. The van der Waals surface area contributed by atoms with Crippen molar-refractivity contribution in [3.8, 4) is 11.3 Å². The minimum absolute atomic E-state index is 0.0207. The number of anilines is 2. The lowest BCUT2D eigenvalue weighted by atomic mass is 10.2. The Morgan fingerprint density at radius 2 is 1.70 bits per heavy atom. The molecule has 0 saturated carbocycles. The number of aromatic nitrogens is 1.